The first kappa shape index (κ1) is 13.5. The molecule has 0 aliphatic heterocycles. The van der Waals surface area contributed by atoms with Crippen molar-refractivity contribution in [3.8, 4) is 0 Å². The Balaban J connectivity index is 2.23. The molecule has 0 saturated heterocycles. The lowest BCUT2D eigenvalue weighted by atomic mass is 9.74. The molecule has 0 bridgehead atoms. The Morgan fingerprint density at radius 3 is 2.25 bits per heavy atom. The van der Waals surface area contributed by atoms with E-state index in [4.69, 9.17) is 0 Å². The highest BCUT2D eigenvalue weighted by Gasteiger charge is 2.50. The smallest absolute Gasteiger partial charge is 0.199 e. The van der Waals surface area contributed by atoms with Crippen LogP contribution in [-0.4, -0.2) is 22.8 Å². The van der Waals surface area contributed by atoms with E-state index >= 15 is 0 Å². The number of carbonyl (C=O) groups is 2. The molecule has 3 rings (SSSR count). The standard InChI is InChI=1S/C16H11IO3/c17-13-12(10-4-2-1-3-5-10)16(15(20)14(13)19)8-6-11(18)7-9-16/h1-9,15,20H. The van der Waals surface area contributed by atoms with E-state index in [1.807, 2.05) is 52.9 Å². The Kier molecular flexibility index (Phi) is 3.22. The van der Waals surface area contributed by atoms with Crippen LogP contribution in [0.4, 0.5) is 0 Å². The van der Waals surface area contributed by atoms with Crippen LogP contribution in [0.25, 0.3) is 5.57 Å². The molecule has 0 aromatic heterocycles. The Bertz CT molecular complexity index is 667. The van der Waals surface area contributed by atoms with E-state index in [1.54, 1.807) is 12.2 Å². The van der Waals surface area contributed by atoms with Crippen molar-refractivity contribution in [1.29, 1.82) is 0 Å². The molecule has 1 aromatic rings. The van der Waals surface area contributed by atoms with Crippen LogP contribution in [0.5, 0.6) is 0 Å². The van der Waals surface area contributed by atoms with E-state index in [9.17, 15) is 14.7 Å². The van der Waals surface area contributed by atoms with E-state index in [-0.39, 0.29) is 11.6 Å². The summed E-state index contributed by atoms with van der Waals surface area (Å²) in [5.74, 6) is -0.433. The third-order valence-electron chi connectivity index (χ3n) is 3.68. The number of Topliss-reactive ketones (excluding diaryl/α,β-unsaturated/α-hetero) is 1. The van der Waals surface area contributed by atoms with E-state index in [0.29, 0.717) is 3.58 Å². The first-order chi connectivity index (χ1) is 9.56. The molecular formula is C16H11IO3. The number of carbonyl (C=O) groups excluding carboxylic acids is 2. The Morgan fingerprint density at radius 1 is 1.05 bits per heavy atom. The molecule has 0 radical (unpaired) electrons. The second-order valence-electron chi connectivity index (χ2n) is 4.82. The van der Waals surface area contributed by atoms with Crippen LogP contribution < -0.4 is 0 Å². The second-order valence-corrected chi connectivity index (χ2v) is 5.90. The lowest BCUT2D eigenvalue weighted by Gasteiger charge is -2.30. The van der Waals surface area contributed by atoms with Crippen LogP contribution >= 0.6 is 22.6 Å². The molecule has 4 heteroatoms. The summed E-state index contributed by atoms with van der Waals surface area (Å²) >= 11 is 1.97. The minimum atomic E-state index is -1.18. The first-order valence-corrected chi connectivity index (χ1v) is 7.24. The summed E-state index contributed by atoms with van der Waals surface area (Å²) in [7, 11) is 0. The molecule has 0 heterocycles. The zero-order valence-electron chi connectivity index (χ0n) is 10.4. The normalized spacial score (nSPS) is 24.0. The van der Waals surface area contributed by atoms with Gasteiger partial charge < -0.3 is 5.11 Å². The number of aliphatic hydroxyl groups is 1. The van der Waals surface area contributed by atoms with Crippen LogP contribution in [0.3, 0.4) is 0 Å². The summed E-state index contributed by atoms with van der Waals surface area (Å²) in [5, 5.41) is 10.4. The van der Waals surface area contributed by atoms with Gasteiger partial charge in [-0.25, -0.2) is 0 Å². The van der Waals surface area contributed by atoms with Crippen LogP contribution in [0.15, 0.2) is 58.2 Å². The predicted molar refractivity (Wildman–Crippen MR) is 84.1 cm³/mol. The minimum absolute atomic E-state index is 0.135. The maximum Gasteiger partial charge on any atom is 0.199 e. The third-order valence-corrected chi connectivity index (χ3v) is 4.75. The molecule has 1 spiro atoms. The van der Waals surface area contributed by atoms with Gasteiger partial charge in [-0.3, -0.25) is 9.59 Å². The first-order valence-electron chi connectivity index (χ1n) is 6.16. The monoisotopic (exact) mass is 378 g/mol. The molecule has 100 valence electrons. The van der Waals surface area contributed by atoms with Gasteiger partial charge in [-0.1, -0.05) is 42.5 Å². The number of hydrogen-bond donors (Lipinski definition) is 1. The van der Waals surface area contributed by atoms with Crippen molar-refractivity contribution < 1.29 is 14.7 Å². The lowest BCUT2D eigenvalue weighted by molar-refractivity contribution is -0.123. The molecule has 2 aliphatic rings. The van der Waals surface area contributed by atoms with Crippen molar-refractivity contribution in [3.63, 3.8) is 0 Å². The molecule has 1 N–H and O–H groups in total. The zero-order valence-corrected chi connectivity index (χ0v) is 12.6. The van der Waals surface area contributed by atoms with Gasteiger partial charge in [-0.05, 0) is 45.9 Å². The molecule has 1 aromatic carbocycles. The largest absolute Gasteiger partial charge is 0.383 e. The van der Waals surface area contributed by atoms with Gasteiger partial charge in [0.2, 0.25) is 0 Å². The van der Waals surface area contributed by atoms with Crippen LogP contribution in [0.2, 0.25) is 0 Å². The average molecular weight is 378 g/mol. The summed E-state index contributed by atoms with van der Waals surface area (Å²) in [5.41, 5.74) is 0.713. The van der Waals surface area contributed by atoms with Crippen LogP contribution in [0, 0.1) is 5.41 Å². The van der Waals surface area contributed by atoms with Crippen molar-refractivity contribution in [2.75, 3.05) is 0 Å². The summed E-state index contributed by atoms with van der Waals surface area (Å²) in [6, 6.07) is 9.47. The molecular weight excluding hydrogens is 367 g/mol. The molecule has 3 nitrogen and oxygen atoms in total. The third kappa shape index (κ3) is 1.83. The van der Waals surface area contributed by atoms with Gasteiger partial charge in [-0.15, -0.1) is 0 Å². The van der Waals surface area contributed by atoms with Crippen molar-refractivity contribution in [3.05, 3.63) is 63.8 Å². The summed E-state index contributed by atoms with van der Waals surface area (Å²) in [4.78, 5) is 23.5. The number of halogens is 1. The molecule has 0 amide bonds. The lowest BCUT2D eigenvalue weighted by Crippen LogP contribution is -2.34. The average Bonchev–Trinajstić information content (AvgIpc) is 2.65. The van der Waals surface area contributed by atoms with Crippen LogP contribution in [0.1, 0.15) is 5.56 Å². The van der Waals surface area contributed by atoms with Crippen molar-refractivity contribution >= 4 is 39.7 Å². The number of benzene rings is 1. The predicted octanol–water partition coefficient (Wildman–Crippen LogP) is 2.46. The van der Waals surface area contributed by atoms with Gasteiger partial charge in [0.05, 0.1) is 8.99 Å². The van der Waals surface area contributed by atoms with Crippen molar-refractivity contribution in [2.24, 2.45) is 5.41 Å². The van der Waals surface area contributed by atoms with E-state index in [0.717, 1.165) is 11.1 Å². The molecule has 0 saturated carbocycles. The molecule has 1 unspecified atom stereocenters. The fraction of sp³-hybridized carbons (Fsp3) is 0.125. The topological polar surface area (TPSA) is 54.4 Å². The molecule has 1 atom stereocenters. The van der Waals surface area contributed by atoms with Gasteiger partial charge in [0, 0.05) is 0 Å². The highest BCUT2D eigenvalue weighted by atomic mass is 127. The highest BCUT2D eigenvalue weighted by molar-refractivity contribution is 14.1. The minimum Gasteiger partial charge on any atom is -0.383 e. The Morgan fingerprint density at radius 2 is 1.65 bits per heavy atom. The molecule has 20 heavy (non-hydrogen) atoms. The number of hydrogen-bond acceptors (Lipinski definition) is 3. The summed E-state index contributed by atoms with van der Waals surface area (Å²) in [6.07, 6.45) is 4.91. The summed E-state index contributed by atoms with van der Waals surface area (Å²) in [6.45, 7) is 0. The maximum atomic E-state index is 12.2. The zero-order chi connectivity index (χ0) is 14.3. The van der Waals surface area contributed by atoms with E-state index < -0.39 is 11.5 Å². The van der Waals surface area contributed by atoms with Crippen molar-refractivity contribution in [1.82, 2.24) is 0 Å². The van der Waals surface area contributed by atoms with E-state index in [2.05, 4.69) is 0 Å². The number of aliphatic hydroxyl groups excluding tert-OH is 1. The van der Waals surface area contributed by atoms with Gasteiger partial charge in [-0.2, -0.15) is 0 Å². The molecule has 0 fully saturated rings. The highest BCUT2D eigenvalue weighted by Crippen LogP contribution is 2.51. The van der Waals surface area contributed by atoms with Crippen molar-refractivity contribution in [2.45, 2.75) is 6.10 Å². The SMILES string of the molecule is O=C1C=CC2(C=C1)C(c1ccccc1)=C(I)C(=O)C2O. The fourth-order valence-corrected chi connectivity index (χ4v) is 3.74. The van der Waals surface area contributed by atoms with Crippen LogP contribution in [-0.2, 0) is 9.59 Å². The Hall–Kier alpha value is -1.53. The van der Waals surface area contributed by atoms with E-state index in [1.165, 1.54) is 12.2 Å². The number of ketones is 2. The van der Waals surface area contributed by atoms with Gasteiger partial charge in [0.15, 0.2) is 11.6 Å². The van der Waals surface area contributed by atoms with Gasteiger partial charge in [0.1, 0.15) is 6.10 Å². The molecule has 2 aliphatic carbocycles. The summed E-state index contributed by atoms with van der Waals surface area (Å²) < 4.78 is 0.518. The second kappa shape index (κ2) is 4.79. The van der Waals surface area contributed by atoms with Gasteiger partial charge in [0.25, 0.3) is 0 Å². The number of allylic oxidation sites excluding steroid dienone is 2. The Labute approximate surface area is 129 Å². The quantitative estimate of drug-likeness (QED) is 0.764. The maximum absolute atomic E-state index is 12.2. The number of rotatable bonds is 1. The van der Waals surface area contributed by atoms with Gasteiger partial charge >= 0.3 is 0 Å². The fourth-order valence-electron chi connectivity index (χ4n) is 2.67.